The van der Waals surface area contributed by atoms with Crippen LogP contribution >= 0.6 is 0 Å². The Labute approximate surface area is 157 Å². The largest absolute Gasteiger partial charge is 0.478 e. The molecular formula is C18H19N3O5S. The number of nitrogens with one attached hydrogen (secondary N) is 1. The first-order chi connectivity index (χ1) is 12.7. The molecule has 0 aliphatic rings. The maximum atomic E-state index is 12.1. The van der Waals surface area contributed by atoms with Crippen LogP contribution in [0.15, 0.2) is 53.6 Å². The SMILES string of the molecule is Cc1ccccc1N(CC(=O)N/N=C\c1ccccc1C(=O)O)S(C)(=O)=O. The summed E-state index contributed by atoms with van der Waals surface area (Å²) in [7, 11) is -3.69. The Hall–Kier alpha value is -3.20. The zero-order valence-corrected chi connectivity index (χ0v) is 15.6. The van der Waals surface area contributed by atoms with Crippen LogP contribution in [-0.4, -0.2) is 44.4 Å². The molecule has 27 heavy (non-hydrogen) atoms. The predicted octanol–water partition coefficient (Wildman–Crippen LogP) is 1.61. The molecule has 2 aromatic carbocycles. The summed E-state index contributed by atoms with van der Waals surface area (Å²) in [6.07, 6.45) is 2.21. The zero-order valence-electron chi connectivity index (χ0n) is 14.8. The number of nitrogens with zero attached hydrogens (tertiary/aromatic N) is 2. The summed E-state index contributed by atoms with van der Waals surface area (Å²) >= 11 is 0. The molecule has 0 unspecified atom stereocenters. The number of carboxylic acid groups (broad SMARTS) is 1. The Morgan fingerprint density at radius 1 is 1.15 bits per heavy atom. The third-order valence-corrected chi connectivity index (χ3v) is 4.78. The fraction of sp³-hybridized carbons (Fsp3) is 0.167. The third kappa shape index (κ3) is 5.38. The van der Waals surface area contributed by atoms with E-state index in [9.17, 15) is 18.0 Å². The van der Waals surface area contributed by atoms with E-state index in [1.54, 1.807) is 43.3 Å². The lowest BCUT2D eigenvalue weighted by Gasteiger charge is -2.23. The molecule has 0 spiro atoms. The van der Waals surface area contributed by atoms with Gasteiger partial charge >= 0.3 is 5.97 Å². The van der Waals surface area contributed by atoms with E-state index in [1.165, 1.54) is 18.3 Å². The van der Waals surface area contributed by atoms with Crippen molar-refractivity contribution in [1.82, 2.24) is 5.43 Å². The van der Waals surface area contributed by atoms with Crippen LogP contribution < -0.4 is 9.73 Å². The number of carbonyl (C=O) groups is 2. The average molecular weight is 389 g/mol. The van der Waals surface area contributed by atoms with Gasteiger partial charge in [0.1, 0.15) is 6.54 Å². The smallest absolute Gasteiger partial charge is 0.336 e. The highest BCUT2D eigenvalue weighted by molar-refractivity contribution is 7.92. The minimum atomic E-state index is -3.69. The van der Waals surface area contributed by atoms with E-state index in [-0.39, 0.29) is 5.56 Å². The van der Waals surface area contributed by atoms with Crippen molar-refractivity contribution in [3.05, 3.63) is 65.2 Å². The molecule has 2 N–H and O–H groups in total. The van der Waals surface area contributed by atoms with E-state index in [0.29, 0.717) is 16.8 Å². The summed E-state index contributed by atoms with van der Waals surface area (Å²) in [5.41, 5.74) is 3.67. The van der Waals surface area contributed by atoms with Crippen molar-refractivity contribution < 1.29 is 23.1 Å². The van der Waals surface area contributed by atoms with E-state index in [4.69, 9.17) is 5.11 Å². The van der Waals surface area contributed by atoms with Crippen LogP contribution in [0, 0.1) is 6.92 Å². The predicted molar refractivity (Wildman–Crippen MR) is 103 cm³/mol. The van der Waals surface area contributed by atoms with Crippen LogP contribution in [0.25, 0.3) is 0 Å². The molecular weight excluding hydrogens is 370 g/mol. The average Bonchev–Trinajstić information content (AvgIpc) is 2.60. The second-order valence-corrected chi connectivity index (χ2v) is 7.65. The van der Waals surface area contributed by atoms with Crippen LogP contribution in [0.2, 0.25) is 0 Å². The molecule has 0 fully saturated rings. The molecule has 0 aliphatic heterocycles. The highest BCUT2D eigenvalue weighted by Crippen LogP contribution is 2.21. The molecule has 0 aromatic heterocycles. The summed E-state index contributed by atoms with van der Waals surface area (Å²) < 4.78 is 25.1. The number of rotatable bonds is 7. The van der Waals surface area contributed by atoms with Gasteiger partial charge in [-0.25, -0.2) is 18.6 Å². The maximum Gasteiger partial charge on any atom is 0.336 e. The van der Waals surface area contributed by atoms with E-state index >= 15 is 0 Å². The van der Waals surface area contributed by atoms with Gasteiger partial charge in [0, 0.05) is 5.56 Å². The van der Waals surface area contributed by atoms with Gasteiger partial charge in [0.05, 0.1) is 23.7 Å². The molecule has 0 atom stereocenters. The Morgan fingerprint density at radius 2 is 1.78 bits per heavy atom. The van der Waals surface area contributed by atoms with Crippen molar-refractivity contribution in [2.45, 2.75) is 6.92 Å². The van der Waals surface area contributed by atoms with E-state index < -0.39 is 28.4 Å². The van der Waals surface area contributed by atoms with Crippen molar-refractivity contribution in [2.75, 3.05) is 17.1 Å². The Morgan fingerprint density at radius 3 is 2.41 bits per heavy atom. The van der Waals surface area contributed by atoms with Gasteiger partial charge in [0.25, 0.3) is 5.91 Å². The van der Waals surface area contributed by atoms with Crippen molar-refractivity contribution in [3.63, 3.8) is 0 Å². The number of para-hydroxylation sites is 1. The number of carboxylic acids is 1. The summed E-state index contributed by atoms with van der Waals surface area (Å²) in [5, 5.41) is 12.8. The minimum Gasteiger partial charge on any atom is -0.478 e. The summed E-state index contributed by atoms with van der Waals surface area (Å²) in [5.74, 6) is -1.78. The van der Waals surface area contributed by atoms with Gasteiger partial charge in [-0.2, -0.15) is 5.10 Å². The first kappa shape index (κ1) is 20.1. The lowest BCUT2D eigenvalue weighted by Crippen LogP contribution is -2.39. The quantitative estimate of drug-likeness (QED) is 0.551. The van der Waals surface area contributed by atoms with Crippen molar-refractivity contribution in [1.29, 1.82) is 0 Å². The van der Waals surface area contributed by atoms with Gasteiger partial charge in [0.15, 0.2) is 0 Å². The van der Waals surface area contributed by atoms with Gasteiger partial charge in [0.2, 0.25) is 10.0 Å². The first-order valence-corrected chi connectivity index (χ1v) is 9.72. The van der Waals surface area contributed by atoms with Gasteiger partial charge in [-0.05, 0) is 24.6 Å². The Bertz CT molecular complexity index is 986. The number of anilines is 1. The monoisotopic (exact) mass is 389 g/mol. The van der Waals surface area contributed by atoms with Crippen LogP contribution in [0.4, 0.5) is 5.69 Å². The number of sulfonamides is 1. The number of benzene rings is 2. The fourth-order valence-corrected chi connectivity index (χ4v) is 3.28. The summed E-state index contributed by atoms with van der Waals surface area (Å²) in [6, 6.07) is 13.0. The van der Waals surface area contributed by atoms with Crippen molar-refractivity contribution in [3.8, 4) is 0 Å². The molecule has 0 radical (unpaired) electrons. The molecule has 142 valence electrons. The number of amides is 1. The molecule has 8 nitrogen and oxygen atoms in total. The normalized spacial score (nSPS) is 11.3. The Kier molecular flexibility index (Phi) is 6.30. The lowest BCUT2D eigenvalue weighted by molar-refractivity contribution is -0.119. The standard InChI is InChI=1S/C18H19N3O5S/c1-13-7-3-6-10-16(13)21(27(2,25)26)12-17(22)20-19-11-14-8-4-5-9-15(14)18(23)24/h3-11H,12H2,1-2H3,(H,20,22)(H,23,24)/b19-11-. The van der Waals surface area contributed by atoms with E-state index in [2.05, 4.69) is 10.5 Å². The van der Waals surface area contributed by atoms with Gasteiger partial charge in [-0.3, -0.25) is 9.10 Å². The Balaban J connectivity index is 2.14. The van der Waals surface area contributed by atoms with Gasteiger partial charge in [-0.15, -0.1) is 0 Å². The molecule has 2 rings (SSSR count). The van der Waals surface area contributed by atoms with E-state index in [0.717, 1.165) is 10.6 Å². The van der Waals surface area contributed by atoms with Crippen LogP contribution in [0.1, 0.15) is 21.5 Å². The van der Waals surface area contributed by atoms with Crippen LogP contribution in [-0.2, 0) is 14.8 Å². The van der Waals surface area contributed by atoms with Gasteiger partial charge in [-0.1, -0.05) is 36.4 Å². The molecule has 0 heterocycles. The summed E-state index contributed by atoms with van der Waals surface area (Å²) in [4.78, 5) is 23.3. The van der Waals surface area contributed by atoms with Crippen molar-refractivity contribution >= 4 is 33.8 Å². The highest BCUT2D eigenvalue weighted by Gasteiger charge is 2.21. The lowest BCUT2D eigenvalue weighted by atomic mass is 10.1. The second-order valence-electron chi connectivity index (χ2n) is 5.74. The molecule has 0 bridgehead atoms. The van der Waals surface area contributed by atoms with Gasteiger partial charge < -0.3 is 5.11 Å². The number of aromatic carboxylic acids is 1. The topological polar surface area (TPSA) is 116 Å². The first-order valence-electron chi connectivity index (χ1n) is 7.87. The fourth-order valence-electron chi connectivity index (χ4n) is 2.37. The second kappa shape index (κ2) is 8.45. The maximum absolute atomic E-state index is 12.1. The highest BCUT2D eigenvalue weighted by atomic mass is 32.2. The molecule has 0 saturated carbocycles. The number of hydrazone groups is 1. The van der Waals surface area contributed by atoms with Crippen LogP contribution in [0.3, 0.4) is 0 Å². The minimum absolute atomic E-state index is 0.0353. The molecule has 2 aromatic rings. The number of hydrogen-bond acceptors (Lipinski definition) is 5. The third-order valence-electron chi connectivity index (χ3n) is 3.66. The van der Waals surface area contributed by atoms with E-state index in [1.807, 2.05) is 0 Å². The number of aryl methyl sites for hydroxylation is 1. The summed E-state index contributed by atoms with van der Waals surface area (Å²) in [6.45, 7) is 1.29. The van der Waals surface area contributed by atoms with Crippen molar-refractivity contribution in [2.24, 2.45) is 5.10 Å². The molecule has 0 saturated heterocycles. The number of carbonyl (C=O) groups excluding carboxylic acids is 1. The molecule has 1 amide bonds. The van der Waals surface area contributed by atoms with Crippen LogP contribution in [0.5, 0.6) is 0 Å². The molecule has 9 heteroatoms. The molecule has 0 aliphatic carbocycles. The zero-order chi connectivity index (χ0) is 20.0. The number of hydrogen-bond donors (Lipinski definition) is 2.